The number of benzene rings is 2. The first-order chi connectivity index (χ1) is 18.5. The molecule has 39 heavy (non-hydrogen) atoms. The van der Waals surface area contributed by atoms with E-state index in [2.05, 4.69) is 20.4 Å². The molecule has 1 unspecified atom stereocenters. The van der Waals surface area contributed by atoms with Gasteiger partial charge in [0.1, 0.15) is 12.0 Å². The molecule has 1 aliphatic rings. The molecule has 11 heteroatoms. The summed E-state index contributed by atoms with van der Waals surface area (Å²) < 4.78 is 53.2. The number of hydrogen-bond donors (Lipinski definition) is 3. The van der Waals surface area contributed by atoms with Crippen LogP contribution in [0.3, 0.4) is 0 Å². The third-order valence-corrected chi connectivity index (χ3v) is 7.20. The maximum atomic E-state index is 13.8. The van der Waals surface area contributed by atoms with Gasteiger partial charge in [0.25, 0.3) is 5.91 Å². The van der Waals surface area contributed by atoms with Gasteiger partial charge in [-0.15, -0.1) is 0 Å². The topological polar surface area (TPSA) is 99.9 Å². The molecule has 1 atom stereocenters. The summed E-state index contributed by atoms with van der Waals surface area (Å²) in [5.41, 5.74) is 10.1. The van der Waals surface area contributed by atoms with E-state index in [1.54, 1.807) is 12.1 Å². The molecule has 0 spiro atoms. The fourth-order valence-corrected chi connectivity index (χ4v) is 5.08. The molecule has 1 amide bonds. The van der Waals surface area contributed by atoms with Crippen LogP contribution in [0, 0.1) is 13.8 Å². The Morgan fingerprint density at radius 1 is 1.21 bits per heavy atom. The van der Waals surface area contributed by atoms with E-state index in [1.807, 2.05) is 19.9 Å². The highest BCUT2D eigenvalue weighted by atomic mass is 19.4. The van der Waals surface area contributed by atoms with Gasteiger partial charge in [-0.25, -0.2) is 9.37 Å². The minimum atomic E-state index is -4.55. The van der Waals surface area contributed by atoms with Crippen molar-refractivity contribution in [2.75, 3.05) is 30.7 Å². The zero-order chi connectivity index (χ0) is 27.9. The number of amides is 1. The van der Waals surface area contributed by atoms with Crippen molar-refractivity contribution >= 4 is 28.4 Å². The Morgan fingerprint density at radius 3 is 2.72 bits per heavy atom. The number of fused-ring (bicyclic) bond motifs is 1. The Morgan fingerprint density at radius 2 is 2.00 bits per heavy atom. The molecule has 204 valence electrons. The molecule has 0 bridgehead atoms. The number of hydrogen-bond acceptors (Lipinski definition) is 5. The lowest BCUT2D eigenvalue weighted by atomic mass is 9.94. The SMILES string of the molecule is Cc1ccc(NC(=O)c2cccc(C(F)(F)F)c2)cc1-c1nc2n[nH]c(N)c2c(C)c1CCN1CCC(F)C1. The van der Waals surface area contributed by atoms with Crippen LogP contribution in [0.1, 0.15) is 39.0 Å². The Hall–Kier alpha value is -3.99. The van der Waals surface area contributed by atoms with Crippen molar-refractivity contribution < 1.29 is 22.4 Å². The lowest BCUT2D eigenvalue weighted by molar-refractivity contribution is -0.137. The second-order valence-electron chi connectivity index (χ2n) is 9.90. The van der Waals surface area contributed by atoms with Crippen molar-refractivity contribution in [3.63, 3.8) is 0 Å². The first-order valence-corrected chi connectivity index (χ1v) is 12.6. The average molecular weight is 541 g/mol. The second kappa shape index (κ2) is 10.3. The predicted molar refractivity (Wildman–Crippen MR) is 142 cm³/mol. The van der Waals surface area contributed by atoms with E-state index in [-0.39, 0.29) is 5.56 Å². The Kier molecular flexibility index (Phi) is 7.02. The lowest BCUT2D eigenvalue weighted by Gasteiger charge is -2.19. The van der Waals surface area contributed by atoms with E-state index in [9.17, 15) is 22.4 Å². The molecule has 5 rings (SSSR count). The molecular formula is C28H28F4N6O. The summed E-state index contributed by atoms with van der Waals surface area (Å²) in [5.74, 6) is -0.253. The largest absolute Gasteiger partial charge is 0.416 e. The second-order valence-corrected chi connectivity index (χ2v) is 9.90. The summed E-state index contributed by atoms with van der Waals surface area (Å²) in [5, 5.41) is 10.5. The maximum Gasteiger partial charge on any atom is 0.416 e. The van der Waals surface area contributed by atoms with Crippen molar-refractivity contribution in [2.24, 2.45) is 0 Å². The average Bonchev–Trinajstić information content (AvgIpc) is 3.49. The number of rotatable bonds is 6. The van der Waals surface area contributed by atoms with Crippen molar-refractivity contribution in [3.05, 3.63) is 70.3 Å². The van der Waals surface area contributed by atoms with Crippen molar-refractivity contribution in [1.82, 2.24) is 20.1 Å². The van der Waals surface area contributed by atoms with Gasteiger partial charge in [0.15, 0.2) is 5.65 Å². The van der Waals surface area contributed by atoms with Gasteiger partial charge in [-0.1, -0.05) is 12.1 Å². The number of nitrogens with zero attached hydrogens (tertiary/aromatic N) is 3. The number of likely N-dealkylation sites (tertiary alicyclic amines) is 1. The normalized spacial score (nSPS) is 16.2. The summed E-state index contributed by atoms with van der Waals surface area (Å²) >= 11 is 0. The minimum Gasteiger partial charge on any atom is -0.384 e. The van der Waals surface area contributed by atoms with Crippen LogP contribution >= 0.6 is 0 Å². The van der Waals surface area contributed by atoms with Crippen LogP contribution in [-0.4, -0.2) is 51.8 Å². The molecule has 0 radical (unpaired) electrons. The number of carbonyl (C=O) groups is 1. The number of aromatic nitrogens is 3. The lowest BCUT2D eigenvalue weighted by Crippen LogP contribution is -2.24. The third kappa shape index (κ3) is 5.44. The van der Waals surface area contributed by atoms with E-state index in [0.717, 1.165) is 39.8 Å². The third-order valence-electron chi connectivity index (χ3n) is 7.20. The summed E-state index contributed by atoms with van der Waals surface area (Å²) in [4.78, 5) is 19.7. The number of halogens is 4. The number of nitrogens with one attached hydrogen (secondary N) is 2. The smallest absolute Gasteiger partial charge is 0.384 e. The van der Waals surface area contributed by atoms with Gasteiger partial charge in [0.05, 0.1) is 16.6 Å². The molecule has 1 aliphatic heterocycles. The van der Waals surface area contributed by atoms with E-state index in [1.165, 1.54) is 12.1 Å². The molecule has 0 saturated carbocycles. The number of H-pyrrole nitrogens is 1. The predicted octanol–water partition coefficient (Wildman–Crippen LogP) is 5.68. The van der Waals surface area contributed by atoms with Crippen molar-refractivity contribution in [1.29, 1.82) is 0 Å². The Labute approximate surface area is 222 Å². The zero-order valence-corrected chi connectivity index (χ0v) is 21.5. The van der Waals surface area contributed by atoms with Gasteiger partial charge < -0.3 is 16.0 Å². The van der Waals surface area contributed by atoms with Crippen molar-refractivity contribution in [3.8, 4) is 11.3 Å². The van der Waals surface area contributed by atoms with Gasteiger partial charge in [0.2, 0.25) is 0 Å². The van der Waals surface area contributed by atoms with Crippen LogP contribution in [-0.2, 0) is 12.6 Å². The number of anilines is 2. The van der Waals surface area contributed by atoms with Gasteiger partial charge in [-0.05, 0) is 73.7 Å². The molecular weight excluding hydrogens is 512 g/mol. The number of alkyl halides is 4. The van der Waals surface area contributed by atoms with Crippen LogP contribution in [0.2, 0.25) is 0 Å². The first-order valence-electron chi connectivity index (χ1n) is 12.6. The van der Waals surface area contributed by atoms with E-state index in [0.29, 0.717) is 55.3 Å². The molecule has 2 aromatic carbocycles. The number of nitrogens with two attached hydrogens (primary N) is 1. The molecule has 0 aliphatic carbocycles. The van der Waals surface area contributed by atoms with Gasteiger partial charge in [-0.3, -0.25) is 9.89 Å². The summed E-state index contributed by atoms with van der Waals surface area (Å²) in [6.45, 7) is 5.59. The number of aromatic amines is 1. The summed E-state index contributed by atoms with van der Waals surface area (Å²) in [7, 11) is 0. The molecule has 4 aromatic rings. The van der Waals surface area contributed by atoms with E-state index in [4.69, 9.17) is 10.7 Å². The monoisotopic (exact) mass is 540 g/mol. The molecule has 1 saturated heterocycles. The number of nitrogen functional groups attached to an aromatic ring is 1. The maximum absolute atomic E-state index is 13.8. The van der Waals surface area contributed by atoms with Gasteiger partial charge in [0, 0.05) is 36.4 Å². The van der Waals surface area contributed by atoms with Crippen LogP contribution in [0.5, 0.6) is 0 Å². The minimum absolute atomic E-state index is 0.105. The number of pyridine rings is 1. The highest BCUT2D eigenvalue weighted by Crippen LogP contribution is 2.35. The summed E-state index contributed by atoms with van der Waals surface area (Å²) in [6.07, 6.45) is -4.26. The van der Waals surface area contributed by atoms with Gasteiger partial charge >= 0.3 is 6.18 Å². The highest BCUT2D eigenvalue weighted by Gasteiger charge is 2.31. The van der Waals surface area contributed by atoms with E-state index >= 15 is 0 Å². The highest BCUT2D eigenvalue weighted by molar-refractivity contribution is 6.04. The zero-order valence-electron chi connectivity index (χ0n) is 21.5. The molecule has 3 heterocycles. The summed E-state index contributed by atoms with van der Waals surface area (Å²) in [6, 6.07) is 9.53. The van der Waals surface area contributed by atoms with Crippen molar-refractivity contribution in [2.45, 2.75) is 39.0 Å². The molecule has 1 fully saturated rings. The van der Waals surface area contributed by atoms with Crippen LogP contribution in [0.15, 0.2) is 42.5 Å². The fraction of sp³-hybridized carbons (Fsp3) is 0.321. The number of carbonyl (C=O) groups excluding carboxylic acids is 1. The molecule has 7 nitrogen and oxygen atoms in total. The quantitative estimate of drug-likeness (QED) is 0.273. The standard InChI is InChI=1S/C28H28F4N6O/c1-15-6-7-20(34-27(39)17-4-3-5-18(12-17)28(30,31)32)13-22(15)24-21(9-11-38-10-8-19(29)14-38)16(2)23-25(33)36-37-26(23)35-24/h3-7,12-13,19H,8-11,14H2,1-2H3,(H,34,39)(H3,33,35,36,37). The first kappa shape index (κ1) is 26.6. The molecule has 2 aromatic heterocycles. The Bertz CT molecular complexity index is 1550. The fourth-order valence-electron chi connectivity index (χ4n) is 5.08. The number of aryl methyl sites for hydroxylation is 2. The van der Waals surface area contributed by atoms with Gasteiger partial charge in [-0.2, -0.15) is 18.3 Å². The van der Waals surface area contributed by atoms with Crippen LogP contribution in [0.25, 0.3) is 22.3 Å². The Balaban J connectivity index is 1.50. The van der Waals surface area contributed by atoms with Crippen LogP contribution in [0.4, 0.5) is 29.1 Å². The van der Waals surface area contributed by atoms with E-state index < -0.39 is 23.8 Å². The molecule has 4 N–H and O–H groups in total. The van der Waals surface area contributed by atoms with Crippen LogP contribution < -0.4 is 11.1 Å².